The monoisotopic (exact) mass is 314 g/mol. The Balaban J connectivity index is 1.59. The highest BCUT2D eigenvalue weighted by molar-refractivity contribution is 6.30. The zero-order valence-electron chi connectivity index (χ0n) is 12.5. The number of ether oxygens (including phenoxy) is 1. The average Bonchev–Trinajstić information content (AvgIpc) is 2.94. The second-order valence-corrected chi connectivity index (χ2v) is 5.72. The number of hydrogen-bond acceptors (Lipinski definition) is 2. The van der Waals surface area contributed by atoms with Gasteiger partial charge in [-0.3, -0.25) is 0 Å². The van der Waals surface area contributed by atoms with Crippen LogP contribution in [0.1, 0.15) is 11.1 Å². The van der Waals surface area contributed by atoms with Gasteiger partial charge >= 0.3 is 0 Å². The second-order valence-electron chi connectivity index (χ2n) is 5.28. The lowest BCUT2D eigenvalue weighted by molar-refractivity contribution is 0.415. The molecule has 3 nitrogen and oxygen atoms in total. The maximum atomic E-state index is 6.00. The summed E-state index contributed by atoms with van der Waals surface area (Å²) in [5, 5.41) is 5.48. The highest BCUT2D eigenvalue weighted by Crippen LogP contribution is 2.23. The molecule has 22 heavy (non-hydrogen) atoms. The van der Waals surface area contributed by atoms with Crippen molar-refractivity contribution in [2.24, 2.45) is 0 Å². The second kappa shape index (κ2) is 6.86. The Morgan fingerprint density at radius 2 is 2.09 bits per heavy atom. The number of methoxy groups -OCH3 is 1. The Morgan fingerprint density at radius 1 is 1.18 bits per heavy atom. The molecule has 1 heterocycles. The predicted octanol–water partition coefficient (Wildman–Crippen LogP) is 4.16. The normalized spacial score (nSPS) is 11.0. The molecule has 0 aliphatic carbocycles. The molecule has 0 unspecified atom stereocenters. The average molecular weight is 315 g/mol. The van der Waals surface area contributed by atoms with Crippen molar-refractivity contribution in [2.75, 3.05) is 13.7 Å². The molecule has 0 aliphatic heterocycles. The standard InChI is InChI=1S/C18H19ClN2O/c1-22-16-5-6-18-17(10-16)14(12-21-18)11-20-8-7-13-3-2-4-15(19)9-13/h2-6,9-10,12,20-21H,7-8,11H2,1H3. The lowest BCUT2D eigenvalue weighted by atomic mass is 10.1. The van der Waals surface area contributed by atoms with E-state index in [0.29, 0.717) is 0 Å². The van der Waals surface area contributed by atoms with Crippen molar-refractivity contribution in [3.8, 4) is 5.75 Å². The number of hydrogen-bond donors (Lipinski definition) is 2. The molecule has 1 aromatic heterocycles. The maximum Gasteiger partial charge on any atom is 0.119 e. The van der Waals surface area contributed by atoms with Gasteiger partial charge in [-0.05, 0) is 54.4 Å². The third kappa shape index (κ3) is 3.43. The van der Waals surface area contributed by atoms with E-state index in [4.69, 9.17) is 16.3 Å². The molecule has 0 amide bonds. The summed E-state index contributed by atoms with van der Waals surface area (Å²) < 4.78 is 5.29. The summed E-state index contributed by atoms with van der Waals surface area (Å²) >= 11 is 6.00. The summed E-state index contributed by atoms with van der Waals surface area (Å²) in [6, 6.07) is 14.1. The molecule has 0 fully saturated rings. The zero-order valence-corrected chi connectivity index (χ0v) is 13.3. The number of aromatic nitrogens is 1. The topological polar surface area (TPSA) is 37.0 Å². The molecule has 114 valence electrons. The molecule has 3 rings (SSSR count). The van der Waals surface area contributed by atoms with E-state index in [-0.39, 0.29) is 0 Å². The molecule has 0 atom stereocenters. The summed E-state index contributed by atoms with van der Waals surface area (Å²) in [4.78, 5) is 3.29. The third-order valence-corrected chi connectivity index (χ3v) is 4.00. The largest absolute Gasteiger partial charge is 0.497 e. The van der Waals surface area contributed by atoms with E-state index in [0.717, 1.165) is 35.8 Å². The maximum absolute atomic E-state index is 6.00. The van der Waals surface area contributed by atoms with E-state index >= 15 is 0 Å². The van der Waals surface area contributed by atoms with Crippen LogP contribution in [-0.4, -0.2) is 18.6 Å². The molecule has 4 heteroatoms. The first-order valence-corrected chi connectivity index (χ1v) is 7.73. The molecule has 3 aromatic rings. The van der Waals surface area contributed by atoms with Gasteiger partial charge in [0.25, 0.3) is 0 Å². The van der Waals surface area contributed by atoms with Crippen LogP contribution in [0.2, 0.25) is 5.02 Å². The number of benzene rings is 2. The minimum Gasteiger partial charge on any atom is -0.497 e. The van der Waals surface area contributed by atoms with Crippen molar-refractivity contribution in [3.63, 3.8) is 0 Å². The molecule has 0 bridgehead atoms. The van der Waals surface area contributed by atoms with Gasteiger partial charge in [0.2, 0.25) is 0 Å². The molecule has 0 radical (unpaired) electrons. The quantitative estimate of drug-likeness (QED) is 0.670. The van der Waals surface area contributed by atoms with E-state index in [1.807, 2.05) is 30.3 Å². The van der Waals surface area contributed by atoms with Gasteiger partial charge in [0, 0.05) is 28.7 Å². The van der Waals surface area contributed by atoms with Crippen molar-refractivity contribution >= 4 is 22.5 Å². The number of fused-ring (bicyclic) bond motifs is 1. The molecule has 0 spiro atoms. The lowest BCUT2D eigenvalue weighted by Crippen LogP contribution is -2.16. The van der Waals surface area contributed by atoms with E-state index < -0.39 is 0 Å². The Morgan fingerprint density at radius 3 is 2.91 bits per heavy atom. The van der Waals surface area contributed by atoms with E-state index in [9.17, 15) is 0 Å². The first-order chi connectivity index (χ1) is 10.8. The smallest absolute Gasteiger partial charge is 0.119 e. The summed E-state index contributed by atoms with van der Waals surface area (Å²) in [5.41, 5.74) is 3.63. The minimum atomic E-state index is 0.793. The number of nitrogens with one attached hydrogen (secondary N) is 2. The Bertz CT molecular complexity index is 767. The molecular formula is C18H19ClN2O. The number of halogens is 1. The van der Waals surface area contributed by atoms with Crippen LogP contribution in [0.4, 0.5) is 0 Å². The van der Waals surface area contributed by atoms with Gasteiger partial charge in [0.15, 0.2) is 0 Å². The lowest BCUT2D eigenvalue weighted by Gasteiger charge is -2.05. The highest BCUT2D eigenvalue weighted by atomic mass is 35.5. The van der Waals surface area contributed by atoms with Crippen molar-refractivity contribution < 1.29 is 4.74 Å². The Kier molecular flexibility index (Phi) is 4.66. The van der Waals surface area contributed by atoms with Gasteiger partial charge in [-0.1, -0.05) is 23.7 Å². The van der Waals surface area contributed by atoms with Crippen LogP contribution in [0.25, 0.3) is 10.9 Å². The summed E-state index contributed by atoms with van der Waals surface area (Å²) in [7, 11) is 1.69. The minimum absolute atomic E-state index is 0.793. The van der Waals surface area contributed by atoms with E-state index in [2.05, 4.69) is 28.6 Å². The SMILES string of the molecule is COc1ccc2[nH]cc(CNCCc3cccc(Cl)c3)c2c1. The predicted molar refractivity (Wildman–Crippen MR) is 91.7 cm³/mol. The number of aromatic amines is 1. The molecular weight excluding hydrogens is 296 g/mol. The summed E-state index contributed by atoms with van der Waals surface area (Å²) in [6.45, 7) is 1.74. The number of H-pyrrole nitrogens is 1. The van der Waals surface area contributed by atoms with Crippen LogP contribution in [0.5, 0.6) is 5.75 Å². The summed E-state index contributed by atoms with van der Waals surface area (Å²) in [6.07, 6.45) is 3.02. The zero-order chi connectivity index (χ0) is 15.4. The van der Waals surface area contributed by atoms with Gasteiger partial charge in [-0.15, -0.1) is 0 Å². The van der Waals surface area contributed by atoms with Crippen LogP contribution in [-0.2, 0) is 13.0 Å². The van der Waals surface area contributed by atoms with Crippen LogP contribution >= 0.6 is 11.6 Å². The van der Waals surface area contributed by atoms with Gasteiger partial charge in [-0.25, -0.2) is 0 Å². The van der Waals surface area contributed by atoms with Crippen molar-refractivity contribution in [2.45, 2.75) is 13.0 Å². The van der Waals surface area contributed by atoms with Crippen molar-refractivity contribution in [3.05, 3.63) is 64.8 Å². The Hall–Kier alpha value is -1.97. The highest BCUT2D eigenvalue weighted by Gasteiger charge is 2.04. The first-order valence-electron chi connectivity index (χ1n) is 7.35. The molecule has 0 aliphatic rings. The van der Waals surface area contributed by atoms with Gasteiger partial charge in [-0.2, -0.15) is 0 Å². The van der Waals surface area contributed by atoms with Crippen LogP contribution in [0.15, 0.2) is 48.7 Å². The fourth-order valence-electron chi connectivity index (χ4n) is 2.58. The van der Waals surface area contributed by atoms with Crippen molar-refractivity contribution in [1.29, 1.82) is 0 Å². The fourth-order valence-corrected chi connectivity index (χ4v) is 2.79. The molecule has 2 N–H and O–H groups in total. The van der Waals surface area contributed by atoms with E-state index in [1.54, 1.807) is 7.11 Å². The first kappa shape index (κ1) is 14.9. The van der Waals surface area contributed by atoms with Crippen molar-refractivity contribution in [1.82, 2.24) is 10.3 Å². The molecule has 0 saturated carbocycles. The van der Waals surface area contributed by atoms with Crippen LogP contribution in [0.3, 0.4) is 0 Å². The molecule has 2 aromatic carbocycles. The van der Waals surface area contributed by atoms with Gasteiger partial charge in [0.1, 0.15) is 5.75 Å². The number of rotatable bonds is 6. The van der Waals surface area contributed by atoms with Crippen LogP contribution in [0, 0.1) is 0 Å². The third-order valence-electron chi connectivity index (χ3n) is 3.77. The van der Waals surface area contributed by atoms with Gasteiger partial charge in [0.05, 0.1) is 7.11 Å². The molecule has 0 saturated heterocycles. The van der Waals surface area contributed by atoms with Gasteiger partial charge < -0.3 is 15.0 Å². The fraction of sp³-hybridized carbons (Fsp3) is 0.222. The van der Waals surface area contributed by atoms with Crippen LogP contribution < -0.4 is 10.1 Å². The van der Waals surface area contributed by atoms with E-state index in [1.165, 1.54) is 16.5 Å². The Labute approximate surface area is 135 Å². The summed E-state index contributed by atoms with van der Waals surface area (Å²) in [5.74, 6) is 0.882.